The standard InChI is InChI=1S/C40H26N2S2/c1-3-9-29(10-4-1)39-37(31-19-15-27(16-20-31)35-23-41-25-43-35)33-13-7-8-14-34(33)38(40(39)30-11-5-2-6-12-30)32-21-17-28(18-22-32)36-24-42-26-44-36/h1-26H. The van der Waals surface area contributed by atoms with Crippen molar-refractivity contribution in [3.05, 3.63) is 157 Å². The Morgan fingerprint density at radius 2 is 0.659 bits per heavy atom. The van der Waals surface area contributed by atoms with Crippen LogP contribution in [0.4, 0.5) is 0 Å². The van der Waals surface area contributed by atoms with Crippen LogP contribution in [0, 0.1) is 0 Å². The van der Waals surface area contributed by atoms with Gasteiger partial charge >= 0.3 is 0 Å². The number of benzene rings is 6. The molecular formula is C40H26N2S2. The highest BCUT2D eigenvalue weighted by Gasteiger charge is 2.24. The van der Waals surface area contributed by atoms with E-state index in [1.807, 2.05) is 23.4 Å². The third kappa shape index (κ3) is 4.75. The summed E-state index contributed by atoms with van der Waals surface area (Å²) in [7, 11) is 0. The summed E-state index contributed by atoms with van der Waals surface area (Å²) in [5, 5.41) is 2.47. The highest BCUT2D eigenvalue weighted by Crippen LogP contribution is 2.51. The lowest BCUT2D eigenvalue weighted by molar-refractivity contribution is 1.42. The van der Waals surface area contributed by atoms with Crippen molar-refractivity contribution in [2.24, 2.45) is 0 Å². The predicted molar refractivity (Wildman–Crippen MR) is 188 cm³/mol. The molecule has 0 amide bonds. The summed E-state index contributed by atoms with van der Waals surface area (Å²) in [6.45, 7) is 0. The molecule has 0 radical (unpaired) electrons. The largest absolute Gasteiger partial charge is 0.252 e. The predicted octanol–water partition coefficient (Wildman–Crippen LogP) is 11.8. The van der Waals surface area contributed by atoms with Crippen molar-refractivity contribution in [3.8, 4) is 65.4 Å². The lowest BCUT2D eigenvalue weighted by Gasteiger charge is -2.24. The molecule has 6 aromatic carbocycles. The maximum absolute atomic E-state index is 4.29. The van der Waals surface area contributed by atoms with Crippen LogP contribution in [0.5, 0.6) is 0 Å². The molecule has 0 saturated carbocycles. The molecule has 8 aromatic rings. The number of hydrogen-bond donors (Lipinski definition) is 0. The van der Waals surface area contributed by atoms with Crippen molar-refractivity contribution >= 4 is 33.4 Å². The Bertz CT molecular complexity index is 2010. The van der Waals surface area contributed by atoms with Gasteiger partial charge in [0.25, 0.3) is 0 Å². The van der Waals surface area contributed by atoms with Crippen LogP contribution in [0.1, 0.15) is 0 Å². The lowest BCUT2D eigenvalue weighted by Crippen LogP contribution is -1.97. The Hall–Kier alpha value is -5.16. The van der Waals surface area contributed by atoms with E-state index >= 15 is 0 Å². The first-order valence-electron chi connectivity index (χ1n) is 14.5. The smallest absolute Gasteiger partial charge is 0.0797 e. The van der Waals surface area contributed by atoms with Crippen LogP contribution >= 0.6 is 22.7 Å². The highest BCUT2D eigenvalue weighted by molar-refractivity contribution is 7.13. The Morgan fingerprint density at radius 1 is 0.318 bits per heavy atom. The van der Waals surface area contributed by atoms with Crippen molar-refractivity contribution in [2.45, 2.75) is 0 Å². The van der Waals surface area contributed by atoms with Crippen molar-refractivity contribution in [3.63, 3.8) is 0 Å². The molecule has 44 heavy (non-hydrogen) atoms. The minimum atomic E-state index is 1.17. The second-order valence-electron chi connectivity index (χ2n) is 10.7. The van der Waals surface area contributed by atoms with Crippen LogP contribution in [0.2, 0.25) is 0 Å². The molecule has 0 atom stereocenters. The molecule has 0 unspecified atom stereocenters. The Labute approximate surface area is 264 Å². The fraction of sp³-hybridized carbons (Fsp3) is 0. The second kappa shape index (κ2) is 11.5. The van der Waals surface area contributed by atoms with Gasteiger partial charge in [0.05, 0.1) is 20.8 Å². The van der Waals surface area contributed by atoms with Crippen LogP contribution in [0.15, 0.2) is 157 Å². The van der Waals surface area contributed by atoms with E-state index < -0.39 is 0 Å². The number of thiazole rings is 2. The van der Waals surface area contributed by atoms with Gasteiger partial charge < -0.3 is 0 Å². The molecule has 2 aromatic heterocycles. The van der Waals surface area contributed by atoms with Crippen molar-refractivity contribution < 1.29 is 0 Å². The molecule has 8 rings (SSSR count). The quantitative estimate of drug-likeness (QED) is 0.190. The summed E-state index contributed by atoms with van der Waals surface area (Å²) < 4.78 is 0. The molecule has 0 saturated heterocycles. The molecule has 0 fully saturated rings. The third-order valence-electron chi connectivity index (χ3n) is 8.12. The molecule has 4 heteroatoms. The molecule has 208 valence electrons. The van der Waals surface area contributed by atoms with Crippen LogP contribution in [0.25, 0.3) is 76.2 Å². The van der Waals surface area contributed by atoms with Gasteiger partial charge in [-0.2, -0.15) is 0 Å². The molecule has 0 spiro atoms. The summed E-state index contributed by atoms with van der Waals surface area (Å²) in [5.74, 6) is 0. The third-order valence-corrected chi connectivity index (χ3v) is 9.77. The zero-order chi connectivity index (χ0) is 29.3. The first-order valence-corrected chi connectivity index (χ1v) is 16.3. The summed E-state index contributed by atoms with van der Waals surface area (Å²) in [6, 6.07) is 48.5. The normalized spacial score (nSPS) is 11.2. The van der Waals surface area contributed by atoms with E-state index in [9.17, 15) is 0 Å². The van der Waals surface area contributed by atoms with Crippen molar-refractivity contribution in [1.29, 1.82) is 0 Å². The Morgan fingerprint density at radius 3 is 1.02 bits per heavy atom. The maximum Gasteiger partial charge on any atom is 0.0797 e. The van der Waals surface area contributed by atoms with E-state index in [0.29, 0.717) is 0 Å². The fourth-order valence-electron chi connectivity index (χ4n) is 6.14. The number of hydrogen-bond acceptors (Lipinski definition) is 4. The van der Waals surface area contributed by atoms with Crippen LogP contribution in [-0.2, 0) is 0 Å². The van der Waals surface area contributed by atoms with E-state index in [1.165, 1.54) is 76.2 Å². The van der Waals surface area contributed by atoms with Gasteiger partial charge in [-0.25, -0.2) is 0 Å². The van der Waals surface area contributed by atoms with Crippen LogP contribution < -0.4 is 0 Å². The van der Waals surface area contributed by atoms with Crippen LogP contribution in [0.3, 0.4) is 0 Å². The Balaban J connectivity index is 1.47. The number of aromatic nitrogens is 2. The topological polar surface area (TPSA) is 25.8 Å². The average molecular weight is 599 g/mol. The van der Waals surface area contributed by atoms with Gasteiger partial charge in [0.2, 0.25) is 0 Å². The highest BCUT2D eigenvalue weighted by atomic mass is 32.1. The molecule has 0 bridgehead atoms. The molecule has 2 heterocycles. The first kappa shape index (κ1) is 26.5. The van der Waals surface area contributed by atoms with Gasteiger partial charge in [-0.15, -0.1) is 22.7 Å². The number of rotatable bonds is 6. The monoisotopic (exact) mass is 598 g/mol. The van der Waals surface area contributed by atoms with Gasteiger partial charge in [0.15, 0.2) is 0 Å². The van der Waals surface area contributed by atoms with E-state index in [-0.39, 0.29) is 0 Å². The zero-order valence-corrected chi connectivity index (χ0v) is 25.4. The maximum atomic E-state index is 4.29. The summed E-state index contributed by atoms with van der Waals surface area (Å²) in [5.41, 5.74) is 15.9. The lowest BCUT2D eigenvalue weighted by atomic mass is 9.79. The average Bonchev–Trinajstić information content (AvgIpc) is 3.84. The van der Waals surface area contributed by atoms with Gasteiger partial charge in [0.1, 0.15) is 0 Å². The van der Waals surface area contributed by atoms with Crippen LogP contribution in [-0.4, -0.2) is 9.97 Å². The SMILES string of the molecule is c1ccc(-c2c(-c3ccccc3)c(-c3ccc(-c4cncs4)cc3)c3ccccc3c2-c2ccc(-c3cncs3)cc2)cc1. The van der Waals surface area contributed by atoms with Gasteiger partial charge in [-0.1, -0.05) is 133 Å². The Kier molecular flexibility index (Phi) is 6.91. The minimum absolute atomic E-state index is 1.17. The summed E-state index contributed by atoms with van der Waals surface area (Å²) in [6.07, 6.45) is 3.88. The fourth-order valence-corrected chi connectivity index (χ4v) is 7.40. The van der Waals surface area contributed by atoms with E-state index in [1.54, 1.807) is 22.7 Å². The van der Waals surface area contributed by atoms with Crippen molar-refractivity contribution in [2.75, 3.05) is 0 Å². The summed E-state index contributed by atoms with van der Waals surface area (Å²) in [4.78, 5) is 10.9. The molecular weight excluding hydrogens is 573 g/mol. The molecule has 0 aliphatic carbocycles. The second-order valence-corrected chi connectivity index (χ2v) is 12.4. The van der Waals surface area contributed by atoms with Gasteiger partial charge in [0, 0.05) is 12.4 Å². The molecule has 0 aliphatic heterocycles. The minimum Gasteiger partial charge on any atom is -0.252 e. The number of fused-ring (bicyclic) bond motifs is 1. The van der Waals surface area contributed by atoms with Gasteiger partial charge in [-0.3, -0.25) is 9.97 Å². The zero-order valence-electron chi connectivity index (χ0n) is 23.7. The van der Waals surface area contributed by atoms with E-state index in [0.717, 1.165) is 0 Å². The first-order chi connectivity index (χ1) is 21.8. The van der Waals surface area contributed by atoms with E-state index in [4.69, 9.17) is 0 Å². The number of nitrogens with zero attached hydrogens (tertiary/aromatic N) is 2. The molecule has 0 aliphatic rings. The van der Waals surface area contributed by atoms with Crippen molar-refractivity contribution in [1.82, 2.24) is 9.97 Å². The molecule has 2 nitrogen and oxygen atoms in total. The summed E-state index contributed by atoms with van der Waals surface area (Å²) >= 11 is 3.33. The molecule has 0 N–H and O–H groups in total. The van der Waals surface area contributed by atoms with E-state index in [2.05, 4.69) is 143 Å². The van der Waals surface area contributed by atoms with Gasteiger partial charge in [-0.05, 0) is 66.4 Å².